The highest BCUT2D eigenvalue weighted by atomic mass is 15.0. The van der Waals surface area contributed by atoms with Crippen LogP contribution in [0.5, 0.6) is 0 Å². The largest absolute Gasteiger partial charge is 0.309 e. The number of hydrogen-bond acceptors (Lipinski definition) is 3. The second-order valence-electron chi connectivity index (χ2n) is 24.4. The fraction of sp³-hybridized carbons (Fsp3) is 0.0548. The van der Waals surface area contributed by atoms with Gasteiger partial charge in [-0.25, -0.2) is 15.0 Å². The Bertz CT molecular complexity index is 4640. The Kier molecular flexibility index (Phi) is 14.5. The van der Waals surface area contributed by atoms with Gasteiger partial charge in [0, 0.05) is 33.2 Å². The Balaban J connectivity index is 0.987. The molecule has 13 aromatic rings. The first-order valence-corrected chi connectivity index (χ1v) is 31.0. The van der Waals surface area contributed by atoms with E-state index >= 15 is 0 Å². The lowest BCUT2D eigenvalue weighted by Crippen LogP contribution is -2.55. The Hall–Kier alpha value is -9.12. The molecule has 14 heteroatoms. The predicted octanol–water partition coefficient (Wildman–Crippen LogP) is 1.43. The second kappa shape index (κ2) is 22.6. The molecule has 0 bridgehead atoms. The molecule has 87 heavy (non-hydrogen) atoms. The van der Waals surface area contributed by atoms with Crippen molar-refractivity contribution in [2.45, 2.75) is 25.7 Å². The molecule has 0 unspecified atom stereocenters. The van der Waals surface area contributed by atoms with Gasteiger partial charge in [-0.3, -0.25) is 0 Å². The maximum absolute atomic E-state index is 5.48. The van der Waals surface area contributed by atoms with Crippen LogP contribution < -0.4 is 54.6 Å². The van der Waals surface area contributed by atoms with Crippen LogP contribution in [-0.2, 0) is 12.8 Å². The Morgan fingerprint density at radius 1 is 0.253 bits per heavy atom. The van der Waals surface area contributed by atoms with Gasteiger partial charge in [-0.15, -0.1) is 32.8 Å². The molecule has 11 aromatic carbocycles. The van der Waals surface area contributed by atoms with Crippen molar-refractivity contribution in [2.24, 2.45) is 0 Å². The third-order valence-electron chi connectivity index (χ3n) is 19.9. The Labute approximate surface area is 520 Å². The van der Waals surface area contributed by atoms with E-state index < -0.39 is 0 Å². The minimum Gasteiger partial charge on any atom is -0.309 e. The number of hydrogen-bond donors (Lipinski definition) is 0. The lowest BCUT2D eigenvalue weighted by Gasteiger charge is -2.30. The molecular formula is C73H62B10N4. The molecule has 4 nitrogen and oxygen atoms in total. The zero-order valence-corrected chi connectivity index (χ0v) is 51.7. The molecule has 2 heterocycles. The molecular weight excluding hydrogens is 1040 g/mol. The summed E-state index contributed by atoms with van der Waals surface area (Å²) in [5.41, 5.74) is 36.8. The first-order valence-electron chi connectivity index (χ1n) is 31.0. The first kappa shape index (κ1) is 55.7. The summed E-state index contributed by atoms with van der Waals surface area (Å²) in [6.45, 7) is 0. The monoisotopic (exact) mass is 1100 g/mol. The van der Waals surface area contributed by atoms with E-state index in [0.717, 1.165) is 53.6 Å². The Morgan fingerprint density at radius 2 is 0.552 bits per heavy atom. The lowest BCUT2D eigenvalue weighted by molar-refractivity contribution is 0.688. The smallest absolute Gasteiger partial charge is 0.164 e. The van der Waals surface area contributed by atoms with Gasteiger partial charge in [0.2, 0.25) is 0 Å². The molecule has 2 aromatic heterocycles. The molecule has 14 rings (SSSR count). The van der Waals surface area contributed by atoms with Gasteiger partial charge in [-0.2, -0.15) is 0 Å². The molecule has 0 atom stereocenters. The third-order valence-corrected chi connectivity index (χ3v) is 19.9. The summed E-state index contributed by atoms with van der Waals surface area (Å²) in [5, 5.41) is 2.46. The van der Waals surface area contributed by atoms with Crippen LogP contribution in [-0.4, -0.2) is 98.0 Å². The van der Waals surface area contributed by atoms with Crippen LogP contribution in [0.3, 0.4) is 0 Å². The van der Waals surface area contributed by atoms with Gasteiger partial charge in [0.25, 0.3) is 0 Å². The van der Waals surface area contributed by atoms with Crippen molar-refractivity contribution >= 4 is 155 Å². The molecule has 0 N–H and O–H groups in total. The first-order chi connectivity index (χ1) is 42.3. The molecule has 404 valence electrons. The van der Waals surface area contributed by atoms with Crippen LogP contribution in [0, 0.1) is 0 Å². The lowest BCUT2D eigenvalue weighted by atomic mass is 9.60. The number of rotatable bonds is 10. The molecule has 0 saturated carbocycles. The summed E-state index contributed by atoms with van der Waals surface area (Å²) < 4.78 is 2.46. The fourth-order valence-electron chi connectivity index (χ4n) is 14.3. The van der Waals surface area contributed by atoms with Crippen molar-refractivity contribution in [3.63, 3.8) is 0 Å². The quantitative estimate of drug-likeness (QED) is 0.195. The summed E-state index contributed by atoms with van der Waals surface area (Å²) in [6, 6.07) is 76.5. The van der Waals surface area contributed by atoms with Crippen LogP contribution >= 0.6 is 0 Å². The van der Waals surface area contributed by atoms with Gasteiger partial charge in [-0.1, -0.05) is 192 Å². The molecule has 0 aliphatic heterocycles. The highest BCUT2D eigenvalue weighted by molar-refractivity contribution is 6.70. The van der Waals surface area contributed by atoms with Gasteiger partial charge in [0.15, 0.2) is 17.5 Å². The average Bonchev–Trinajstić information content (AvgIpc) is 1.68. The van der Waals surface area contributed by atoms with Crippen molar-refractivity contribution in [3.05, 3.63) is 217 Å². The summed E-state index contributed by atoms with van der Waals surface area (Å²) in [5.74, 6) is 2.09. The molecule has 0 amide bonds. The van der Waals surface area contributed by atoms with Crippen LogP contribution in [0.1, 0.15) is 24.0 Å². The van der Waals surface area contributed by atoms with E-state index in [4.69, 9.17) is 15.0 Å². The van der Waals surface area contributed by atoms with Crippen molar-refractivity contribution in [1.29, 1.82) is 0 Å². The van der Waals surface area contributed by atoms with E-state index in [9.17, 15) is 0 Å². The van der Waals surface area contributed by atoms with Gasteiger partial charge in [0.1, 0.15) is 78.5 Å². The van der Waals surface area contributed by atoms with Gasteiger partial charge in [0.05, 0.1) is 11.0 Å². The van der Waals surface area contributed by atoms with Crippen LogP contribution in [0.25, 0.3) is 128 Å². The van der Waals surface area contributed by atoms with Crippen molar-refractivity contribution in [1.82, 2.24) is 19.5 Å². The summed E-state index contributed by atoms with van der Waals surface area (Å²) in [4.78, 5) is 16.4. The van der Waals surface area contributed by atoms with E-state index in [2.05, 4.69) is 289 Å². The number of fused-ring (bicyclic) bond motifs is 4. The summed E-state index contributed by atoms with van der Waals surface area (Å²) >= 11 is 0. The zero-order valence-electron chi connectivity index (χ0n) is 51.7. The van der Waals surface area contributed by atoms with Crippen LogP contribution in [0.15, 0.2) is 206 Å². The number of nitrogens with zero attached hydrogens (tertiary/aromatic N) is 4. The maximum Gasteiger partial charge on any atom is 0.164 e. The SMILES string of the molecule is Bc1c(B)c(B)c(-c2nc(-c3ccc(-c4c(-c5ccccc5)c5c(c(-c6ccccc6)c4-c4ccc(-n6c7ccc(-c8ccccc8)cc7c7cc(-c8ccccc8)ccc76)cc4)CCCC5)cc3)nc(-c3c(B)c(B)c(B)c(B)c3B)n2)c(B)c1B. The van der Waals surface area contributed by atoms with E-state index in [1.807, 2.05) is 0 Å². The third kappa shape index (κ3) is 9.60. The normalized spacial score (nSPS) is 12.2. The molecule has 1 aliphatic rings. The molecule has 0 fully saturated rings. The maximum atomic E-state index is 5.48. The molecule has 0 saturated heterocycles. The standard InChI is InChI=1S/C73H62B10N4/c74-61-59(62(75)66(79)69(82)65(61)78)72-84-71(85-73(86-72)60-63(76)67(80)70(83)68(81)64(60)77)45-27-25-43(26-28-45)57-55(41-19-9-3-10-20-41)49-23-13-14-24-50(49)56(42-21-11-4-12-22-42)58(57)44-29-33-48(34-30-44)87-53-35-31-46(39-15-5-1-6-16-39)37-51(53)52-38-47(32-36-54(52)87)40-17-7-2-8-18-40/h1-12,15-22,25-38H,13-14,23-24,74-83H2. The summed E-state index contributed by atoms with van der Waals surface area (Å²) in [7, 11) is 22.3. The average molecular weight is 1100 g/mol. The van der Waals surface area contributed by atoms with Crippen molar-refractivity contribution in [3.8, 4) is 107 Å². The zero-order chi connectivity index (χ0) is 59.8. The molecule has 0 radical (unpaired) electrons. The second-order valence-corrected chi connectivity index (χ2v) is 24.4. The number of aromatic nitrogens is 4. The highest BCUT2D eigenvalue weighted by Gasteiger charge is 2.30. The van der Waals surface area contributed by atoms with Gasteiger partial charge in [-0.05, 0) is 140 Å². The Morgan fingerprint density at radius 3 is 0.931 bits per heavy atom. The molecule has 1 aliphatic carbocycles. The predicted molar refractivity (Wildman–Crippen MR) is 402 cm³/mol. The topological polar surface area (TPSA) is 43.6 Å². The van der Waals surface area contributed by atoms with Crippen molar-refractivity contribution < 1.29 is 0 Å². The minimum absolute atomic E-state index is 0.665. The van der Waals surface area contributed by atoms with E-state index in [0.29, 0.717) is 17.5 Å². The fourth-order valence-corrected chi connectivity index (χ4v) is 14.3. The van der Waals surface area contributed by atoms with E-state index in [-0.39, 0.29) is 0 Å². The van der Waals surface area contributed by atoms with E-state index in [1.54, 1.807) is 0 Å². The van der Waals surface area contributed by atoms with Crippen molar-refractivity contribution in [2.75, 3.05) is 0 Å². The highest BCUT2D eigenvalue weighted by Crippen LogP contribution is 2.52. The van der Waals surface area contributed by atoms with E-state index in [1.165, 1.54) is 149 Å². The molecule has 0 spiro atoms. The number of benzene rings is 11. The van der Waals surface area contributed by atoms with Crippen LogP contribution in [0.2, 0.25) is 0 Å². The van der Waals surface area contributed by atoms with Crippen LogP contribution in [0.4, 0.5) is 0 Å². The van der Waals surface area contributed by atoms with Gasteiger partial charge >= 0.3 is 0 Å². The summed E-state index contributed by atoms with van der Waals surface area (Å²) in [6.07, 6.45) is 4.33. The minimum atomic E-state index is 0.665. The van der Waals surface area contributed by atoms with Gasteiger partial charge < -0.3 is 4.57 Å².